The van der Waals surface area contributed by atoms with Gasteiger partial charge in [0, 0.05) is 98.2 Å². The molecular weight excluding hydrogens is 734 g/mol. The zero-order valence-electron chi connectivity index (χ0n) is 31.3. The highest BCUT2D eigenvalue weighted by atomic mass is 32.2. The van der Waals surface area contributed by atoms with Gasteiger partial charge >= 0.3 is 6.18 Å². The Morgan fingerprint density at radius 2 is 1.69 bits per heavy atom. The zero-order valence-corrected chi connectivity index (χ0v) is 32.9. The molecule has 0 radical (unpaired) electrons. The maximum absolute atomic E-state index is 14.4. The molecule has 3 aromatic rings. The number of carbonyl (C=O) groups excluding carboxylic acids is 1. The highest BCUT2D eigenvalue weighted by molar-refractivity contribution is 7.99. The summed E-state index contributed by atoms with van der Waals surface area (Å²) in [6.07, 6.45) is 5.89. The Labute approximate surface area is 322 Å². The van der Waals surface area contributed by atoms with E-state index in [0.717, 1.165) is 95.3 Å². The van der Waals surface area contributed by atoms with Crippen LogP contribution in [0.3, 0.4) is 0 Å². The molecule has 7 rings (SSSR count). The summed E-state index contributed by atoms with van der Waals surface area (Å²) in [6, 6.07) is 15.4. The van der Waals surface area contributed by atoms with E-state index in [1.165, 1.54) is 40.0 Å². The van der Waals surface area contributed by atoms with Gasteiger partial charge in [-0.2, -0.15) is 22.6 Å². The number of hydrogen-bond donors (Lipinski definition) is 0. The van der Waals surface area contributed by atoms with Gasteiger partial charge in [-0.05, 0) is 75.7 Å². The smallest absolute Gasteiger partial charge is 0.340 e. The largest absolute Gasteiger partial charge is 0.417 e. The van der Waals surface area contributed by atoms with Gasteiger partial charge in [-0.1, -0.05) is 42.8 Å². The fourth-order valence-electron chi connectivity index (χ4n) is 8.89. The molecule has 0 N–H and O–H groups in total. The lowest BCUT2D eigenvalue weighted by Gasteiger charge is -2.36. The Hall–Kier alpha value is -2.91. The molecule has 0 aliphatic carbocycles. The van der Waals surface area contributed by atoms with E-state index in [1.54, 1.807) is 6.07 Å². The molecule has 294 valence electrons. The molecule has 1 amide bonds. The Morgan fingerprint density at radius 3 is 2.41 bits per heavy atom. The van der Waals surface area contributed by atoms with Crippen LogP contribution in [0.2, 0.25) is 0 Å². The van der Waals surface area contributed by atoms with Crippen LogP contribution in [-0.2, 0) is 46.9 Å². The third kappa shape index (κ3) is 9.37. The molecule has 0 bridgehead atoms. The van der Waals surface area contributed by atoms with Gasteiger partial charge in [0.25, 0.3) is 0 Å². The molecule has 0 spiro atoms. The molecule has 4 aliphatic rings. The van der Waals surface area contributed by atoms with Gasteiger partial charge in [0.1, 0.15) is 0 Å². The SMILES string of the molecule is CS(=O)(=O)N1CCc2c(c(-c3ccc(C(F)(F)F)c(SCCN4CCCCC4Cc4ccccc4)c3)nn2CCCN2CCC(N3CCCC3=O)CC2)C1. The number of aromatic nitrogens is 2. The first-order valence-electron chi connectivity index (χ1n) is 19.6. The molecule has 3 saturated heterocycles. The summed E-state index contributed by atoms with van der Waals surface area (Å²) < 4.78 is 71.9. The predicted molar refractivity (Wildman–Crippen MR) is 207 cm³/mol. The van der Waals surface area contributed by atoms with Gasteiger partial charge in [-0.25, -0.2) is 8.42 Å². The maximum Gasteiger partial charge on any atom is 0.417 e. The summed E-state index contributed by atoms with van der Waals surface area (Å²) >= 11 is 1.24. The molecule has 5 heterocycles. The molecule has 1 unspecified atom stereocenters. The van der Waals surface area contributed by atoms with E-state index in [9.17, 15) is 26.4 Å². The summed E-state index contributed by atoms with van der Waals surface area (Å²) in [5.41, 5.74) is 3.50. The average molecular weight is 787 g/mol. The summed E-state index contributed by atoms with van der Waals surface area (Å²) in [7, 11) is -3.48. The molecule has 14 heteroatoms. The number of fused-ring (bicyclic) bond motifs is 1. The van der Waals surface area contributed by atoms with Crippen molar-refractivity contribution in [2.24, 2.45) is 0 Å². The third-order valence-corrected chi connectivity index (χ3v) is 14.1. The van der Waals surface area contributed by atoms with Crippen LogP contribution in [0.5, 0.6) is 0 Å². The monoisotopic (exact) mass is 786 g/mol. The molecular formula is C40H53F3N6O3S2. The Balaban J connectivity index is 1.06. The number of carbonyl (C=O) groups is 1. The number of sulfonamides is 1. The van der Waals surface area contributed by atoms with Gasteiger partial charge in [-0.15, -0.1) is 11.8 Å². The van der Waals surface area contributed by atoms with E-state index < -0.39 is 21.8 Å². The fraction of sp³-hybridized carbons (Fsp3) is 0.600. The quantitative estimate of drug-likeness (QED) is 0.182. The molecule has 3 fully saturated rings. The Morgan fingerprint density at radius 1 is 0.889 bits per heavy atom. The molecule has 0 saturated carbocycles. The topological polar surface area (TPSA) is 82.0 Å². The number of nitrogens with zero attached hydrogens (tertiary/aromatic N) is 6. The van der Waals surface area contributed by atoms with Crippen molar-refractivity contribution in [1.82, 2.24) is 28.8 Å². The number of amides is 1. The first kappa shape index (κ1) is 39.3. The predicted octanol–water partition coefficient (Wildman–Crippen LogP) is 6.55. The number of piperidine rings is 2. The second-order valence-corrected chi connectivity index (χ2v) is 18.5. The summed E-state index contributed by atoms with van der Waals surface area (Å²) in [5.74, 6) is 0.809. The first-order valence-corrected chi connectivity index (χ1v) is 22.5. The van der Waals surface area contributed by atoms with E-state index in [1.807, 2.05) is 22.9 Å². The highest BCUT2D eigenvalue weighted by Gasteiger charge is 2.36. The van der Waals surface area contributed by atoms with Gasteiger partial charge in [0.15, 0.2) is 0 Å². The van der Waals surface area contributed by atoms with E-state index in [2.05, 4.69) is 26.8 Å². The number of alkyl halides is 3. The van der Waals surface area contributed by atoms with Crippen molar-refractivity contribution >= 4 is 27.7 Å². The number of hydrogen-bond acceptors (Lipinski definition) is 7. The van der Waals surface area contributed by atoms with Crippen LogP contribution in [0.25, 0.3) is 11.3 Å². The van der Waals surface area contributed by atoms with E-state index in [0.29, 0.717) is 61.6 Å². The van der Waals surface area contributed by atoms with E-state index in [4.69, 9.17) is 5.10 Å². The van der Waals surface area contributed by atoms with Crippen LogP contribution < -0.4 is 0 Å². The lowest BCUT2D eigenvalue weighted by atomic mass is 9.96. The summed E-state index contributed by atoms with van der Waals surface area (Å²) in [6.45, 7) is 6.41. The van der Waals surface area contributed by atoms with Crippen molar-refractivity contribution < 1.29 is 26.4 Å². The fourth-order valence-corrected chi connectivity index (χ4v) is 10.8. The number of halogens is 3. The number of benzene rings is 2. The second-order valence-electron chi connectivity index (χ2n) is 15.4. The van der Waals surface area contributed by atoms with Gasteiger partial charge < -0.3 is 9.80 Å². The lowest BCUT2D eigenvalue weighted by Crippen LogP contribution is -2.45. The van der Waals surface area contributed by atoms with Crippen LogP contribution >= 0.6 is 11.8 Å². The van der Waals surface area contributed by atoms with Gasteiger partial charge in [-0.3, -0.25) is 14.4 Å². The van der Waals surface area contributed by atoms with Crippen molar-refractivity contribution in [1.29, 1.82) is 0 Å². The molecule has 2 aromatic carbocycles. The van der Waals surface area contributed by atoms with Crippen LogP contribution in [0, 0.1) is 0 Å². The molecule has 54 heavy (non-hydrogen) atoms. The minimum absolute atomic E-state index is 0.146. The molecule has 1 aromatic heterocycles. The standard InChI is InChI=1S/C40H53F3N6O3S2/c1-54(51,52)47-24-17-36-34(29-47)39(44-49(36)21-8-18-45-22-15-32(16-23-45)48-20-7-12-38(48)50)31-13-14-35(40(41,42)43)37(28-31)53-26-25-46-19-6-5-11-33(46)27-30-9-3-2-4-10-30/h2-4,9-10,13-14,28,32-33H,5-8,11-12,15-27,29H2,1H3. The van der Waals surface area contributed by atoms with E-state index in [-0.39, 0.29) is 17.3 Å². The van der Waals surface area contributed by atoms with Crippen molar-refractivity contribution in [3.63, 3.8) is 0 Å². The third-order valence-electron chi connectivity index (χ3n) is 11.8. The molecule has 9 nitrogen and oxygen atoms in total. The van der Waals surface area contributed by atoms with Crippen molar-refractivity contribution in [2.75, 3.05) is 57.8 Å². The lowest BCUT2D eigenvalue weighted by molar-refractivity contribution is -0.139. The number of thioether (sulfide) groups is 1. The number of rotatable bonds is 13. The minimum Gasteiger partial charge on any atom is -0.340 e. The van der Waals surface area contributed by atoms with Crippen LogP contribution in [-0.4, -0.2) is 113 Å². The minimum atomic E-state index is -4.51. The maximum atomic E-state index is 14.4. The van der Waals surface area contributed by atoms with Gasteiger partial charge in [0.2, 0.25) is 15.9 Å². The van der Waals surface area contributed by atoms with Crippen molar-refractivity contribution in [3.8, 4) is 11.3 Å². The zero-order chi connectivity index (χ0) is 37.9. The second kappa shape index (κ2) is 17.1. The Bertz CT molecular complexity index is 1860. The molecule has 1 atom stereocenters. The average Bonchev–Trinajstić information content (AvgIpc) is 3.75. The number of likely N-dealkylation sites (tertiary alicyclic amines) is 3. The van der Waals surface area contributed by atoms with Crippen LogP contribution in [0.15, 0.2) is 53.4 Å². The van der Waals surface area contributed by atoms with Gasteiger partial charge in [0.05, 0.1) is 17.5 Å². The van der Waals surface area contributed by atoms with Crippen molar-refractivity contribution in [3.05, 3.63) is 70.9 Å². The summed E-state index contributed by atoms with van der Waals surface area (Å²) in [4.78, 5) is 19.4. The normalized spacial score (nSPS) is 21.2. The molecule has 4 aliphatic heterocycles. The van der Waals surface area contributed by atoms with Crippen LogP contribution in [0.4, 0.5) is 13.2 Å². The summed E-state index contributed by atoms with van der Waals surface area (Å²) in [5, 5.41) is 5.00. The first-order chi connectivity index (χ1) is 25.9. The van der Waals surface area contributed by atoms with E-state index >= 15 is 0 Å². The van der Waals surface area contributed by atoms with Crippen molar-refractivity contribution in [2.45, 2.75) is 100 Å². The highest BCUT2D eigenvalue weighted by Crippen LogP contribution is 2.40. The van der Waals surface area contributed by atoms with Crippen LogP contribution in [0.1, 0.15) is 73.8 Å². The number of aryl methyl sites for hydroxylation is 1. The Kier molecular flexibility index (Phi) is 12.4.